The third kappa shape index (κ3) is 4.10. The molecule has 6 nitrogen and oxygen atoms in total. The Morgan fingerprint density at radius 3 is 2.61 bits per heavy atom. The van der Waals surface area contributed by atoms with Gasteiger partial charge in [0.15, 0.2) is 5.13 Å². The van der Waals surface area contributed by atoms with Crippen molar-refractivity contribution < 1.29 is 4.79 Å². The number of hydrogen-bond donors (Lipinski definition) is 0. The standard InChI is InChI=1S/C21H29N5OS/c1-7-26-17(13-15(3)23-26)20(27)25(12-8-11-24(5)6)21-22-19-16(4)14(2)9-10-18(19)28-21/h9-10,13H,7-8,11-12H2,1-6H3. The van der Waals surface area contributed by atoms with E-state index in [0.29, 0.717) is 18.8 Å². The molecule has 0 spiro atoms. The van der Waals surface area contributed by atoms with E-state index in [-0.39, 0.29) is 5.91 Å². The van der Waals surface area contributed by atoms with E-state index in [1.165, 1.54) is 11.1 Å². The van der Waals surface area contributed by atoms with E-state index in [4.69, 9.17) is 4.98 Å². The Kier molecular flexibility index (Phi) is 6.15. The summed E-state index contributed by atoms with van der Waals surface area (Å²) in [6.07, 6.45) is 0.881. The van der Waals surface area contributed by atoms with Gasteiger partial charge < -0.3 is 4.90 Å². The number of carbonyl (C=O) groups excluding carboxylic acids is 1. The van der Waals surface area contributed by atoms with Gasteiger partial charge in [-0.05, 0) is 78.0 Å². The van der Waals surface area contributed by atoms with Gasteiger partial charge in [0, 0.05) is 13.1 Å². The van der Waals surface area contributed by atoms with E-state index in [1.54, 1.807) is 16.0 Å². The van der Waals surface area contributed by atoms with Gasteiger partial charge in [-0.3, -0.25) is 14.4 Å². The van der Waals surface area contributed by atoms with Crippen LogP contribution in [0.4, 0.5) is 5.13 Å². The Hall–Kier alpha value is -2.25. The van der Waals surface area contributed by atoms with Crippen LogP contribution in [0.2, 0.25) is 0 Å². The number of anilines is 1. The van der Waals surface area contributed by atoms with Gasteiger partial charge in [0.05, 0.1) is 15.9 Å². The zero-order valence-corrected chi connectivity index (χ0v) is 18.4. The molecule has 0 bridgehead atoms. The lowest BCUT2D eigenvalue weighted by molar-refractivity contribution is 0.0975. The largest absolute Gasteiger partial charge is 0.309 e. The van der Waals surface area contributed by atoms with E-state index >= 15 is 0 Å². The molecular formula is C21H29N5OS. The van der Waals surface area contributed by atoms with E-state index < -0.39 is 0 Å². The van der Waals surface area contributed by atoms with Gasteiger partial charge in [0.2, 0.25) is 0 Å². The average molecular weight is 400 g/mol. The first-order valence-electron chi connectivity index (χ1n) is 9.69. The van der Waals surface area contributed by atoms with Crippen molar-refractivity contribution in [3.8, 4) is 0 Å². The van der Waals surface area contributed by atoms with Crippen molar-refractivity contribution in [2.24, 2.45) is 0 Å². The van der Waals surface area contributed by atoms with Crippen LogP contribution in [0.25, 0.3) is 10.2 Å². The molecule has 0 N–H and O–H groups in total. The molecule has 0 fully saturated rings. The molecule has 3 rings (SSSR count). The molecule has 28 heavy (non-hydrogen) atoms. The van der Waals surface area contributed by atoms with Crippen LogP contribution in [-0.2, 0) is 6.54 Å². The van der Waals surface area contributed by atoms with Crippen LogP contribution in [0.5, 0.6) is 0 Å². The first-order chi connectivity index (χ1) is 13.3. The summed E-state index contributed by atoms with van der Waals surface area (Å²) in [4.78, 5) is 22.3. The fourth-order valence-corrected chi connectivity index (χ4v) is 4.31. The fraction of sp³-hybridized carbons (Fsp3) is 0.476. The number of benzene rings is 1. The fourth-order valence-electron chi connectivity index (χ4n) is 3.26. The molecule has 7 heteroatoms. The molecule has 0 radical (unpaired) electrons. The summed E-state index contributed by atoms with van der Waals surface area (Å²) in [5, 5.41) is 5.21. The number of hydrogen-bond acceptors (Lipinski definition) is 5. The molecular weight excluding hydrogens is 370 g/mol. The highest BCUT2D eigenvalue weighted by atomic mass is 32.1. The summed E-state index contributed by atoms with van der Waals surface area (Å²) in [5.74, 6) is -0.0327. The normalized spacial score (nSPS) is 11.5. The molecule has 2 aromatic heterocycles. The third-order valence-electron chi connectivity index (χ3n) is 4.96. The van der Waals surface area contributed by atoms with Crippen molar-refractivity contribution in [3.63, 3.8) is 0 Å². The Labute approximate surface area is 170 Å². The Morgan fingerprint density at radius 1 is 1.18 bits per heavy atom. The van der Waals surface area contributed by atoms with Gasteiger partial charge in [0.1, 0.15) is 5.69 Å². The van der Waals surface area contributed by atoms with E-state index in [1.807, 2.05) is 38.9 Å². The van der Waals surface area contributed by atoms with Gasteiger partial charge in [-0.25, -0.2) is 4.98 Å². The number of carbonyl (C=O) groups is 1. The zero-order chi connectivity index (χ0) is 20.4. The number of thiazole rings is 1. The molecule has 150 valence electrons. The van der Waals surface area contributed by atoms with Crippen molar-refractivity contribution in [3.05, 3.63) is 40.7 Å². The molecule has 1 aromatic carbocycles. The van der Waals surface area contributed by atoms with E-state index in [9.17, 15) is 4.79 Å². The zero-order valence-electron chi connectivity index (χ0n) is 17.6. The number of nitrogens with zero attached hydrogens (tertiary/aromatic N) is 5. The summed E-state index contributed by atoms with van der Waals surface area (Å²) >= 11 is 1.58. The van der Waals surface area contributed by atoms with Crippen LogP contribution in [0.15, 0.2) is 18.2 Å². The van der Waals surface area contributed by atoms with Gasteiger partial charge in [-0.1, -0.05) is 17.4 Å². The predicted octanol–water partition coefficient (Wildman–Crippen LogP) is 4.04. The summed E-state index contributed by atoms with van der Waals surface area (Å²) in [7, 11) is 4.09. The maximum atomic E-state index is 13.5. The second-order valence-electron chi connectivity index (χ2n) is 7.45. The van der Waals surface area contributed by atoms with Gasteiger partial charge in [-0.2, -0.15) is 5.10 Å². The van der Waals surface area contributed by atoms with Crippen LogP contribution in [0.3, 0.4) is 0 Å². The van der Waals surface area contributed by atoms with Gasteiger partial charge in [0.25, 0.3) is 5.91 Å². The molecule has 3 aromatic rings. The number of amides is 1. The summed E-state index contributed by atoms with van der Waals surface area (Å²) < 4.78 is 2.89. The van der Waals surface area contributed by atoms with Crippen LogP contribution in [-0.4, -0.2) is 52.8 Å². The number of aryl methyl sites for hydroxylation is 4. The highest BCUT2D eigenvalue weighted by Gasteiger charge is 2.25. The minimum absolute atomic E-state index is 0.0327. The Bertz CT molecular complexity index is 988. The van der Waals surface area contributed by atoms with Crippen LogP contribution in [0, 0.1) is 20.8 Å². The van der Waals surface area contributed by atoms with Crippen molar-refractivity contribution in [1.29, 1.82) is 0 Å². The monoisotopic (exact) mass is 399 g/mol. The van der Waals surface area contributed by atoms with E-state index in [0.717, 1.165) is 34.0 Å². The molecule has 0 aliphatic heterocycles. The molecule has 0 aliphatic carbocycles. The Balaban J connectivity index is 2.01. The minimum Gasteiger partial charge on any atom is -0.309 e. The van der Waals surface area contributed by atoms with Crippen molar-refractivity contribution in [1.82, 2.24) is 19.7 Å². The molecule has 0 aliphatic rings. The van der Waals surface area contributed by atoms with E-state index in [2.05, 4.69) is 36.0 Å². The lowest BCUT2D eigenvalue weighted by atomic mass is 10.1. The summed E-state index contributed by atoms with van der Waals surface area (Å²) in [6.45, 7) is 10.3. The second-order valence-corrected chi connectivity index (χ2v) is 8.46. The van der Waals surface area contributed by atoms with Crippen LogP contribution >= 0.6 is 11.3 Å². The molecule has 0 saturated carbocycles. The smallest absolute Gasteiger partial charge is 0.278 e. The highest BCUT2D eigenvalue weighted by Crippen LogP contribution is 2.32. The first kappa shape index (κ1) is 20.5. The molecule has 2 heterocycles. The predicted molar refractivity (Wildman–Crippen MR) is 117 cm³/mol. The molecule has 0 unspecified atom stereocenters. The lowest BCUT2D eigenvalue weighted by Gasteiger charge is -2.21. The number of fused-ring (bicyclic) bond motifs is 1. The first-order valence-corrected chi connectivity index (χ1v) is 10.5. The third-order valence-corrected chi connectivity index (χ3v) is 6.00. The molecule has 1 amide bonds. The van der Waals surface area contributed by atoms with Crippen molar-refractivity contribution >= 4 is 32.6 Å². The van der Waals surface area contributed by atoms with Crippen molar-refractivity contribution in [2.75, 3.05) is 32.1 Å². The van der Waals surface area contributed by atoms with Gasteiger partial charge in [-0.15, -0.1) is 0 Å². The van der Waals surface area contributed by atoms with Crippen LogP contribution < -0.4 is 4.90 Å². The lowest BCUT2D eigenvalue weighted by Crippen LogP contribution is -2.34. The topological polar surface area (TPSA) is 54.3 Å². The maximum Gasteiger partial charge on any atom is 0.278 e. The average Bonchev–Trinajstić information content (AvgIpc) is 3.25. The second kappa shape index (κ2) is 8.41. The van der Waals surface area contributed by atoms with Crippen molar-refractivity contribution in [2.45, 2.75) is 40.7 Å². The molecule has 0 saturated heterocycles. The van der Waals surface area contributed by atoms with Gasteiger partial charge >= 0.3 is 0 Å². The minimum atomic E-state index is -0.0327. The summed E-state index contributed by atoms with van der Waals surface area (Å²) in [5.41, 5.74) is 4.86. The number of aromatic nitrogens is 3. The maximum absolute atomic E-state index is 13.5. The van der Waals surface area contributed by atoms with Crippen LogP contribution in [0.1, 0.15) is 40.7 Å². The SMILES string of the molecule is CCn1nc(C)cc1C(=O)N(CCCN(C)C)c1nc2c(C)c(C)ccc2s1. The number of rotatable bonds is 7. The Morgan fingerprint density at radius 2 is 1.93 bits per heavy atom. The molecule has 0 atom stereocenters. The summed E-state index contributed by atoms with van der Waals surface area (Å²) in [6, 6.07) is 6.09. The quantitative estimate of drug-likeness (QED) is 0.602. The highest BCUT2D eigenvalue weighted by molar-refractivity contribution is 7.22.